The second-order valence-corrected chi connectivity index (χ2v) is 6.27. The summed E-state index contributed by atoms with van der Waals surface area (Å²) in [5.41, 5.74) is 8.74. The molecule has 2 N–H and O–H groups in total. The molecule has 3 unspecified atom stereocenters. The third-order valence-electron chi connectivity index (χ3n) is 4.87. The standard InChI is InChI=1S/C17H22N2/c1-12-7-8-17(18,10-13(12)2)15-9-14-5-3-4-6-16(14)19-11-15/h3-6,9,11-13H,7-8,10,18H2,1-2H3. The molecule has 3 atom stereocenters. The Kier molecular flexibility index (Phi) is 3.06. The van der Waals surface area contributed by atoms with Crippen molar-refractivity contribution < 1.29 is 0 Å². The second-order valence-electron chi connectivity index (χ2n) is 6.27. The summed E-state index contributed by atoms with van der Waals surface area (Å²) >= 11 is 0. The van der Waals surface area contributed by atoms with E-state index in [0.29, 0.717) is 5.92 Å². The van der Waals surface area contributed by atoms with E-state index in [1.165, 1.54) is 17.4 Å². The van der Waals surface area contributed by atoms with Crippen molar-refractivity contribution in [1.29, 1.82) is 0 Å². The van der Waals surface area contributed by atoms with Gasteiger partial charge in [0, 0.05) is 17.1 Å². The first-order valence-electron chi connectivity index (χ1n) is 7.23. The average molecular weight is 254 g/mol. The summed E-state index contributed by atoms with van der Waals surface area (Å²) < 4.78 is 0. The molecule has 1 heterocycles. The van der Waals surface area contributed by atoms with Crippen LogP contribution in [0.4, 0.5) is 0 Å². The molecular formula is C17H22N2. The molecule has 1 saturated carbocycles. The number of nitrogens with two attached hydrogens (primary N) is 1. The molecule has 1 aliphatic rings. The van der Waals surface area contributed by atoms with Crippen molar-refractivity contribution in [3.63, 3.8) is 0 Å². The van der Waals surface area contributed by atoms with Crippen molar-refractivity contribution in [2.45, 2.75) is 38.6 Å². The summed E-state index contributed by atoms with van der Waals surface area (Å²) in [6, 6.07) is 10.5. The van der Waals surface area contributed by atoms with Gasteiger partial charge in [-0.25, -0.2) is 0 Å². The van der Waals surface area contributed by atoms with Crippen LogP contribution < -0.4 is 5.73 Å². The quantitative estimate of drug-likeness (QED) is 0.839. The summed E-state index contributed by atoms with van der Waals surface area (Å²) in [6.07, 6.45) is 5.32. The van der Waals surface area contributed by atoms with E-state index in [2.05, 4.69) is 37.0 Å². The van der Waals surface area contributed by atoms with E-state index in [-0.39, 0.29) is 5.54 Å². The van der Waals surface area contributed by atoms with E-state index in [0.717, 1.165) is 24.3 Å². The summed E-state index contributed by atoms with van der Waals surface area (Å²) in [5.74, 6) is 1.47. The highest BCUT2D eigenvalue weighted by atomic mass is 14.8. The predicted molar refractivity (Wildman–Crippen MR) is 79.8 cm³/mol. The SMILES string of the molecule is CC1CCC(N)(c2cnc3ccccc3c2)CC1C. The maximum Gasteiger partial charge on any atom is 0.0702 e. The molecule has 0 saturated heterocycles. The number of nitrogens with zero attached hydrogens (tertiary/aromatic N) is 1. The monoisotopic (exact) mass is 254 g/mol. The molecule has 19 heavy (non-hydrogen) atoms. The van der Waals surface area contributed by atoms with Gasteiger partial charge in [0.05, 0.1) is 5.52 Å². The molecule has 1 aromatic carbocycles. The molecule has 1 aromatic heterocycles. The van der Waals surface area contributed by atoms with Crippen molar-refractivity contribution in [2.75, 3.05) is 0 Å². The highest BCUT2D eigenvalue weighted by molar-refractivity contribution is 5.79. The van der Waals surface area contributed by atoms with Gasteiger partial charge in [0.2, 0.25) is 0 Å². The van der Waals surface area contributed by atoms with Crippen molar-refractivity contribution >= 4 is 10.9 Å². The zero-order valence-corrected chi connectivity index (χ0v) is 11.8. The van der Waals surface area contributed by atoms with Crippen LogP contribution in [0.2, 0.25) is 0 Å². The van der Waals surface area contributed by atoms with Crippen molar-refractivity contribution in [2.24, 2.45) is 17.6 Å². The number of para-hydroxylation sites is 1. The van der Waals surface area contributed by atoms with Crippen LogP contribution in [0, 0.1) is 11.8 Å². The van der Waals surface area contributed by atoms with E-state index in [1.54, 1.807) is 0 Å². The fourth-order valence-corrected chi connectivity index (χ4v) is 3.25. The fraction of sp³-hybridized carbons (Fsp3) is 0.471. The van der Waals surface area contributed by atoms with E-state index in [4.69, 9.17) is 5.73 Å². The molecule has 0 bridgehead atoms. The lowest BCUT2D eigenvalue weighted by Gasteiger charge is -2.40. The number of rotatable bonds is 1. The number of fused-ring (bicyclic) bond motifs is 1. The Hall–Kier alpha value is -1.41. The van der Waals surface area contributed by atoms with Crippen molar-refractivity contribution in [3.8, 4) is 0 Å². The molecule has 0 amide bonds. The van der Waals surface area contributed by atoms with Crippen LogP contribution in [0.5, 0.6) is 0 Å². The first-order chi connectivity index (χ1) is 9.08. The molecule has 3 rings (SSSR count). The lowest BCUT2D eigenvalue weighted by atomic mass is 9.69. The number of hydrogen-bond donors (Lipinski definition) is 1. The van der Waals surface area contributed by atoms with Crippen LogP contribution in [0.1, 0.15) is 38.7 Å². The molecule has 2 aromatic rings. The fourth-order valence-electron chi connectivity index (χ4n) is 3.25. The smallest absolute Gasteiger partial charge is 0.0702 e. The molecule has 0 radical (unpaired) electrons. The summed E-state index contributed by atoms with van der Waals surface area (Å²) in [7, 11) is 0. The van der Waals surface area contributed by atoms with E-state index >= 15 is 0 Å². The van der Waals surface area contributed by atoms with Gasteiger partial charge in [0.1, 0.15) is 0 Å². The Morgan fingerprint density at radius 2 is 2.00 bits per heavy atom. The Labute approximate surface area is 115 Å². The van der Waals surface area contributed by atoms with Crippen LogP contribution >= 0.6 is 0 Å². The Balaban J connectivity index is 1.99. The minimum Gasteiger partial charge on any atom is -0.321 e. The first-order valence-corrected chi connectivity index (χ1v) is 7.23. The molecular weight excluding hydrogens is 232 g/mol. The normalized spacial score (nSPS) is 31.5. The molecule has 1 fully saturated rings. The third-order valence-corrected chi connectivity index (χ3v) is 4.87. The summed E-state index contributed by atoms with van der Waals surface area (Å²) in [5, 5.41) is 1.19. The number of aromatic nitrogens is 1. The van der Waals surface area contributed by atoms with Crippen molar-refractivity contribution in [3.05, 3.63) is 42.1 Å². The van der Waals surface area contributed by atoms with Gasteiger partial charge < -0.3 is 5.73 Å². The van der Waals surface area contributed by atoms with Gasteiger partial charge in [-0.15, -0.1) is 0 Å². The molecule has 100 valence electrons. The maximum atomic E-state index is 6.68. The van der Waals surface area contributed by atoms with E-state index in [9.17, 15) is 0 Å². The lowest BCUT2D eigenvalue weighted by Crippen LogP contribution is -2.43. The van der Waals surface area contributed by atoms with Gasteiger partial charge in [-0.05, 0) is 48.8 Å². The number of hydrogen-bond acceptors (Lipinski definition) is 2. The van der Waals surface area contributed by atoms with Gasteiger partial charge in [0.25, 0.3) is 0 Å². The Morgan fingerprint density at radius 1 is 1.21 bits per heavy atom. The van der Waals surface area contributed by atoms with Gasteiger partial charge >= 0.3 is 0 Å². The zero-order valence-electron chi connectivity index (χ0n) is 11.8. The molecule has 1 aliphatic carbocycles. The van der Waals surface area contributed by atoms with Crippen LogP contribution in [-0.4, -0.2) is 4.98 Å². The molecule has 2 nitrogen and oxygen atoms in total. The van der Waals surface area contributed by atoms with Crippen LogP contribution in [0.3, 0.4) is 0 Å². The van der Waals surface area contributed by atoms with Gasteiger partial charge in [0.15, 0.2) is 0 Å². The van der Waals surface area contributed by atoms with E-state index in [1.807, 2.05) is 18.3 Å². The van der Waals surface area contributed by atoms with Crippen LogP contribution in [0.25, 0.3) is 10.9 Å². The van der Waals surface area contributed by atoms with E-state index < -0.39 is 0 Å². The third kappa shape index (κ3) is 2.25. The highest BCUT2D eigenvalue weighted by Gasteiger charge is 2.36. The van der Waals surface area contributed by atoms with Crippen LogP contribution in [0.15, 0.2) is 36.5 Å². The maximum absolute atomic E-state index is 6.68. The average Bonchev–Trinajstić information content (AvgIpc) is 2.43. The predicted octanol–water partition coefficient (Wildman–Crippen LogP) is 3.84. The minimum absolute atomic E-state index is 0.192. The number of pyridine rings is 1. The summed E-state index contributed by atoms with van der Waals surface area (Å²) in [4.78, 5) is 4.57. The molecule has 0 spiro atoms. The zero-order chi connectivity index (χ0) is 13.5. The second kappa shape index (κ2) is 4.61. The largest absolute Gasteiger partial charge is 0.321 e. The molecule has 2 heteroatoms. The van der Waals surface area contributed by atoms with Crippen LogP contribution in [-0.2, 0) is 5.54 Å². The topological polar surface area (TPSA) is 38.9 Å². The first kappa shape index (κ1) is 12.6. The van der Waals surface area contributed by atoms with Gasteiger partial charge in [-0.1, -0.05) is 32.0 Å². The lowest BCUT2D eigenvalue weighted by molar-refractivity contribution is 0.177. The van der Waals surface area contributed by atoms with Gasteiger partial charge in [-0.2, -0.15) is 0 Å². The Morgan fingerprint density at radius 3 is 2.79 bits per heavy atom. The number of benzene rings is 1. The molecule has 0 aliphatic heterocycles. The minimum atomic E-state index is -0.192. The Bertz CT molecular complexity index is 593. The summed E-state index contributed by atoms with van der Waals surface area (Å²) in [6.45, 7) is 4.66. The van der Waals surface area contributed by atoms with Crippen molar-refractivity contribution in [1.82, 2.24) is 4.98 Å². The highest BCUT2D eigenvalue weighted by Crippen LogP contribution is 2.40. The van der Waals surface area contributed by atoms with Gasteiger partial charge in [-0.3, -0.25) is 4.98 Å².